The molecule has 1 saturated carbocycles. The van der Waals surface area contributed by atoms with Gasteiger partial charge in [0.15, 0.2) is 0 Å². The number of hydrogen-bond donors (Lipinski definition) is 0. The first-order valence-electron chi connectivity index (χ1n) is 9.50. The first-order valence-corrected chi connectivity index (χ1v) is 11.1. The van der Waals surface area contributed by atoms with E-state index in [0.717, 1.165) is 36.1 Å². The van der Waals surface area contributed by atoms with Crippen molar-refractivity contribution in [2.45, 2.75) is 38.1 Å². The van der Waals surface area contributed by atoms with Crippen molar-refractivity contribution in [1.29, 1.82) is 0 Å². The second-order valence-electron chi connectivity index (χ2n) is 7.32. The monoisotopic (exact) mass is 389 g/mol. The van der Waals surface area contributed by atoms with Crippen LogP contribution in [0.4, 0.5) is 4.39 Å². The SMILES string of the molecule is O=S(=O)(CCc1ccc2c(c1)CCO2)N(CCc1ccc(F)cc1)C1CC1. The summed E-state index contributed by atoms with van der Waals surface area (Å²) in [7, 11) is -3.32. The molecular weight excluding hydrogens is 365 g/mol. The fourth-order valence-electron chi connectivity index (χ4n) is 3.56. The molecular formula is C21H24FNO3S. The number of fused-ring (bicyclic) bond motifs is 1. The van der Waals surface area contributed by atoms with Crippen LogP contribution in [0.15, 0.2) is 42.5 Å². The van der Waals surface area contributed by atoms with Crippen LogP contribution in [0.5, 0.6) is 5.75 Å². The summed E-state index contributed by atoms with van der Waals surface area (Å²) in [6.07, 6.45) is 3.86. The second-order valence-corrected chi connectivity index (χ2v) is 9.37. The number of ether oxygens (including phenoxy) is 1. The summed E-state index contributed by atoms with van der Waals surface area (Å²) in [6.45, 7) is 1.16. The van der Waals surface area contributed by atoms with E-state index in [0.29, 0.717) is 26.0 Å². The largest absolute Gasteiger partial charge is 0.493 e. The smallest absolute Gasteiger partial charge is 0.214 e. The third kappa shape index (κ3) is 4.50. The molecule has 0 saturated heterocycles. The maximum Gasteiger partial charge on any atom is 0.214 e. The molecule has 0 unspecified atom stereocenters. The van der Waals surface area contributed by atoms with E-state index in [1.165, 1.54) is 17.7 Å². The number of rotatable bonds is 8. The summed E-state index contributed by atoms with van der Waals surface area (Å²) in [4.78, 5) is 0. The van der Waals surface area contributed by atoms with E-state index in [9.17, 15) is 12.8 Å². The zero-order chi connectivity index (χ0) is 18.9. The lowest BCUT2D eigenvalue weighted by Gasteiger charge is -2.22. The predicted molar refractivity (Wildman–Crippen MR) is 103 cm³/mol. The van der Waals surface area contributed by atoms with Crippen molar-refractivity contribution in [2.75, 3.05) is 18.9 Å². The van der Waals surface area contributed by atoms with E-state index >= 15 is 0 Å². The average molecular weight is 389 g/mol. The molecule has 0 bridgehead atoms. The minimum Gasteiger partial charge on any atom is -0.493 e. The van der Waals surface area contributed by atoms with Crippen LogP contribution in [0.2, 0.25) is 0 Å². The van der Waals surface area contributed by atoms with E-state index in [2.05, 4.69) is 6.07 Å². The van der Waals surface area contributed by atoms with Crippen LogP contribution in [0.3, 0.4) is 0 Å². The van der Waals surface area contributed by atoms with Crippen LogP contribution in [0.25, 0.3) is 0 Å². The molecule has 4 rings (SSSR count). The molecule has 27 heavy (non-hydrogen) atoms. The molecule has 0 aromatic heterocycles. The van der Waals surface area contributed by atoms with Crippen LogP contribution in [0, 0.1) is 5.82 Å². The summed E-state index contributed by atoms with van der Waals surface area (Å²) < 4.78 is 46.1. The Hall–Kier alpha value is -1.92. The summed E-state index contributed by atoms with van der Waals surface area (Å²) in [5.41, 5.74) is 3.16. The van der Waals surface area contributed by atoms with E-state index < -0.39 is 10.0 Å². The number of aryl methyl sites for hydroxylation is 1. The lowest BCUT2D eigenvalue weighted by Crippen LogP contribution is -2.37. The Bertz CT molecular complexity index is 908. The highest BCUT2D eigenvalue weighted by Crippen LogP contribution is 2.30. The molecule has 0 N–H and O–H groups in total. The van der Waals surface area contributed by atoms with Crippen LogP contribution in [-0.2, 0) is 29.3 Å². The summed E-state index contributed by atoms with van der Waals surface area (Å²) in [5, 5.41) is 0. The summed E-state index contributed by atoms with van der Waals surface area (Å²) >= 11 is 0. The third-order valence-electron chi connectivity index (χ3n) is 5.25. The first-order chi connectivity index (χ1) is 13.0. The Balaban J connectivity index is 1.39. The minimum absolute atomic E-state index is 0.118. The fraction of sp³-hybridized carbons (Fsp3) is 0.429. The Morgan fingerprint density at radius 2 is 1.78 bits per heavy atom. The van der Waals surface area contributed by atoms with Crippen LogP contribution in [0.1, 0.15) is 29.5 Å². The highest BCUT2D eigenvalue weighted by molar-refractivity contribution is 7.89. The Kier molecular flexibility index (Phi) is 5.19. The van der Waals surface area contributed by atoms with Gasteiger partial charge in [-0.1, -0.05) is 24.3 Å². The van der Waals surface area contributed by atoms with Gasteiger partial charge in [-0.05, 0) is 60.6 Å². The zero-order valence-electron chi connectivity index (χ0n) is 15.2. The minimum atomic E-state index is -3.32. The maximum absolute atomic E-state index is 13.0. The van der Waals surface area contributed by atoms with Crippen molar-refractivity contribution >= 4 is 10.0 Å². The molecule has 0 atom stereocenters. The first kappa shape index (κ1) is 18.4. The van der Waals surface area contributed by atoms with E-state index in [-0.39, 0.29) is 17.6 Å². The standard InChI is InChI=1S/C21H24FNO3S/c22-19-4-1-16(2-5-19)9-12-23(20-6-7-20)27(24,25)14-11-17-3-8-21-18(15-17)10-13-26-21/h1-5,8,15,20H,6-7,9-14H2. The molecule has 0 spiro atoms. The summed E-state index contributed by atoms with van der Waals surface area (Å²) in [6, 6.07) is 12.4. The quantitative estimate of drug-likeness (QED) is 0.696. The molecule has 1 aliphatic heterocycles. The molecule has 0 amide bonds. The van der Waals surface area contributed by atoms with Gasteiger partial charge in [0.1, 0.15) is 11.6 Å². The maximum atomic E-state index is 13.0. The third-order valence-corrected chi connectivity index (χ3v) is 7.16. The van der Waals surface area contributed by atoms with E-state index in [1.54, 1.807) is 16.4 Å². The molecule has 1 aliphatic carbocycles. The van der Waals surface area contributed by atoms with E-state index in [1.807, 2.05) is 12.1 Å². The molecule has 2 aliphatic rings. The highest BCUT2D eigenvalue weighted by atomic mass is 32.2. The van der Waals surface area contributed by atoms with Gasteiger partial charge in [0.25, 0.3) is 0 Å². The van der Waals surface area contributed by atoms with Gasteiger partial charge in [-0.3, -0.25) is 0 Å². The molecule has 1 heterocycles. The van der Waals surface area contributed by atoms with Gasteiger partial charge < -0.3 is 4.74 Å². The van der Waals surface area contributed by atoms with Gasteiger partial charge in [0, 0.05) is 19.0 Å². The van der Waals surface area contributed by atoms with Crippen LogP contribution < -0.4 is 4.74 Å². The molecule has 2 aromatic rings. The van der Waals surface area contributed by atoms with E-state index in [4.69, 9.17) is 4.74 Å². The number of nitrogens with zero attached hydrogens (tertiary/aromatic N) is 1. The van der Waals surface area contributed by atoms with Crippen molar-refractivity contribution in [3.05, 3.63) is 65.0 Å². The number of sulfonamides is 1. The van der Waals surface area contributed by atoms with Gasteiger partial charge >= 0.3 is 0 Å². The van der Waals surface area contributed by atoms with Crippen molar-refractivity contribution in [1.82, 2.24) is 4.31 Å². The van der Waals surface area contributed by atoms with Gasteiger partial charge in [-0.25, -0.2) is 12.8 Å². The average Bonchev–Trinajstić information content (AvgIpc) is 3.37. The van der Waals surface area contributed by atoms with Crippen molar-refractivity contribution in [2.24, 2.45) is 0 Å². The van der Waals surface area contributed by atoms with Crippen LogP contribution in [-0.4, -0.2) is 37.7 Å². The van der Waals surface area contributed by atoms with Crippen molar-refractivity contribution < 1.29 is 17.5 Å². The molecule has 2 aromatic carbocycles. The molecule has 4 nitrogen and oxygen atoms in total. The Labute approximate surface area is 160 Å². The lowest BCUT2D eigenvalue weighted by molar-refractivity contribution is 0.357. The number of halogens is 1. The van der Waals surface area contributed by atoms with Crippen LogP contribution >= 0.6 is 0 Å². The number of benzene rings is 2. The zero-order valence-corrected chi connectivity index (χ0v) is 16.1. The van der Waals surface area contributed by atoms with Gasteiger partial charge in [-0.15, -0.1) is 0 Å². The van der Waals surface area contributed by atoms with Gasteiger partial charge in [0.2, 0.25) is 10.0 Å². The molecule has 6 heteroatoms. The van der Waals surface area contributed by atoms with Gasteiger partial charge in [0.05, 0.1) is 12.4 Å². The van der Waals surface area contributed by atoms with Gasteiger partial charge in [-0.2, -0.15) is 4.31 Å². The topological polar surface area (TPSA) is 46.6 Å². The second kappa shape index (κ2) is 7.60. The van der Waals surface area contributed by atoms with Crippen molar-refractivity contribution in [3.63, 3.8) is 0 Å². The molecule has 144 valence electrons. The Morgan fingerprint density at radius 3 is 2.52 bits per heavy atom. The summed E-state index contributed by atoms with van der Waals surface area (Å²) in [5.74, 6) is 0.762. The normalized spacial score (nSPS) is 16.4. The molecule has 0 radical (unpaired) electrons. The number of hydrogen-bond acceptors (Lipinski definition) is 3. The van der Waals surface area contributed by atoms with Crippen molar-refractivity contribution in [3.8, 4) is 5.75 Å². The Morgan fingerprint density at radius 1 is 1.04 bits per heavy atom. The molecule has 1 fully saturated rings. The highest BCUT2D eigenvalue weighted by Gasteiger charge is 2.36. The fourth-order valence-corrected chi connectivity index (χ4v) is 5.32. The lowest BCUT2D eigenvalue weighted by atomic mass is 10.1. The predicted octanol–water partition coefficient (Wildman–Crippen LogP) is 3.34.